The van der Waals surface area contributed by atoms with Crippen LogP contribution in [0.15, 0.2) is 4.79 Å². The first-order valence-corrected chi connectivity index (χ1v) is 5.47. The highest BCUT2D eigenvalue weighted by molar-refractivity contribution is 5.97. The molecule has 0 saturated carbocycles. The van der Waals surface area contributed by atoms with Gasteiger partial charge in [0.15, 0.2) is 6.04 Å². The minimum absolute atomic E-state index is 0.144. The fraction of sp³-hybridized carbons (Fsp3) is 0.455. The van der Waals surface area contributed by atoms with Gasteiger partial charge in [0.1, 0.15) is 5.56 Å². The number of H-pyrrole nitrogens is 1. The van der Waals surface area contributed by atoms with Crippen molar-refractivity contribution in [1.82, 2.24) is 15.5 Å². The van der Waals surface area contributed by atoms with Gasteiger partial charge in [-0.2, -0.15) is 5.10 Å². The summed E-state index contributed by atoms with van der Waals surface area (Å²) in [5.74, 6) is -1.57. The molecule has 3 N–H and O–H groups in total. The van der Waals surface area contributed by atoms with Crippen LogP contribution in [-0.4, -0.2) is 46.9 Å². The molecule has 1 aromatic heterocycles. The molecule has 0 fully saturated rings. The highest BCUT2D eigenvalue weighted by Crippen LogP contribution is 2.05. The number of aryl methyl sites for hydroxylation is 1. The molecule has 0 aliphatic carbocycles. The van der Waals surface area contributed by atoms with Gasteiger partial charge in [0, 0.05) is 0 Å². The van der Waals surface area contributed by atoms with E-state index < -0.39 is 30.1 Å². The van der Waals surface area contributed by atoms with E-state index in [0.717, 1.165) is 7.11 Å². The first kappa shape index (κ1) is 14.8. The van der Waals surface area contributed by atoms with Crippen molar-refractivity contribution in [2.75, 3.05) is 13.7 Å². The van der Waals surface area contributed by atoms with Gasteiger partial charge in [-0.25, -0.2) is 9.89 Å². The summed E-state index contributed by atoms with van der Waals surface area (Å²) in [5.41, 5.74) is 0.0863. The number of aliphatic hydroxyl groups excluding tert-OH is 1. The van der Waals surface area contributed by atoms with Gasteiger partial charge in [-0.1, -0.05) is 0 Å². The minimum atomic E-state index is -1.22. The van der Waals surface area contributed by atoms with E-state index in [4.69, 9.17) is 5.11 Å². The Hall–Kier alpha value is -2.22. The van der Waals surface area contributed by atoms with Gasteiger partial charge in [-0.05, 0) is 19.4 Å². The maximum absolute atomic E-state index is 12.0. The number of methoxy groups -OCH3 is 1. The van der Waals surface area contributed by atoms with E-state index in [1.807, 2.05) is 0 Å². The standard InChI is InChI=1S/C11H15N3O5/c1-5-6(2)13-14-10(17)8(5)9(16)12-7(4-15)11(18)19-3/h7,15H,4H2,1-3H3,(H,12,16)(H,14,17). The zero-order valence-electron chi connectivity index (χ0n) is 10.8. The summed E-state index contributed by atoms with van der Waals surface area (Å²) in [7, 11) is 1.13. The quantitative estimate of drug-likeness (QED) is 0.581. The van der Waals surface area contributed by atoms with Crippen LogP contribution in [0.4, 0.5) is 0 Å². The number of rotatable bonds is 4. The Morgan fingerprint density at radius 3 is 2.63 bits per heavy atom. The number of nitrogens with one attached hydrogen (secondary N) is 2. The smallest absolute Gasteiger partial charge is 0.330 e. The van der Waals surface area contributed by atoms with E-state index in [1.165, 1.54) is 0 Å². The number of carbonyl (C=O) groups excluding carboxylic acids is 2. The number of hydrogen-bond donors (Lipinski definition) is 3. The van der Waals surface area contributed by atoms with Crippen LogP contribution < -0.4 is 10.9 Å². The normalized spacial score (nSPS) is 11.8. The molecule has 0 aromatic carbocycles. The lowest BCUT2D eigenvalue weighted by Crippen LogP contribution is -2.45. The van der Waals surface area contributed by atoms with Gasteiger partial charge in [-0.15, -0.1) is 0 Å². The summed E-state index contributed by atoms with van der Waals surface area (Å²) < 4.78 is 4.41. The zero-order chi connectivity index (χ0) is 14.6. The first-order valence-electron chi connectivity index (χ1n) is 5.47. The number of nitrogens with zero attached hydrogens (tertiary/aromatic N) is 1. The van der Waals surface area contributed by atoms with Crippen molar-refractivity contribution in [3.63, 3.8) is 0 Å². The van der Waals surface area contributed by atoms with Crippen molar-refractivity contribution in [3.05, 3.63) is 27.2 Å². The molecule has 0 spiro atoms. The minimum Gasteiger partial charge on any atom is -0.467 e. The van der Waals surface area contributed by atoms with Crippen LogP contribution in [0.3, 0.4) is 0 Å². The summed E-state index contributed by atoms with van der Waals surface area (Å²) in [5, 5.41) is 17.1. The van der Waals surface area contributed by atoms with Gasteiger partial charge < -0.3 is 15.2 Å². The number of aromatic amines is 1. The van der Waals surface area contributed by atoms with Gasteiger partial charge in [0.2, 0.25) is 0 Å². The Balaban J connectivity index is 3.05. The molecular formula is C11H15N3O5. The largest absolute Gasteiger partial charge is 0.467 e. The third-order valence-corrected chi connectivity index (χ3v) is 2.67. The molecule has 0 aliphatic rings. The van der Waals surface area contributed by atoms with Gasteiger partial charge in [0.05, 0.1) is 19.4 Å². The predicted molar refractivity (Wildman–Crippen MR) is 64.7 cm³/mol. The van der Waals surface area contributed by atoms with Crippen LogP contribution >= 0.6 is 0 Å². The molecule has 1 unspecified atom stereocenters. The van der Waals surface area contributed by atoms with Crippen LogP contribution in [0.5, 0.6) is 0 Å². The van der Waals surface area contributed by atoms with Crippen LogP contribution in [0.25, 0.3) is 0 Å². The number of hydrogen-bond acceptors (Lipinski definition) is 6. The van der Waals surface area contributed by atoms with Crippen molar-refractivity contribution in [3.8, 4) is 0 Å². The molecule has 0 bridgehead atoms. The third kappa shape index (κ3) is 3.16. The number of ether oxygens (including phenoxy) is 1. The van der Waals surface area contributed by atoms with Crippen LogP contribution in [0.1, 0.15) is 21.6 Å². The number of aliphatic hydroxyl groups is 1. The van der Waals surface area contributed by atoms with E-state index in [-0.39, 0.29) is 5.56 Å². The summed E-state index contributed by atoms with van der Waals surface area (Å²) in [6.45, 7) is 2.57. The fourth-order valence-electron chi connectivity index (χ4n) is 1.45. The second kappa shape index (κ2) is 6.10. The zero-order valence-corrected chi connectivity index (χ0v) is 10.8. The third-order valence-electron chi connectivity index (χ3n) is 2.67. The van der Waals surface area contributed by atoms with Crippen molar-refractivity contribution >= 4 is 11.9 Å². The summed E-state index contributed by atoms with van der Waals surface area (Å²) >= 11 is 0. The van der Waals surface area contributed by atoms with E-state index in [0.29, 0.717) is 11.3 Å². The SMILES string of the molecule is COC(=O)C(CO)NC(=O)c1c(C)c(C)n[nH]c1=O. The predicted octanol–water partition coefficient (Wildman–Crippen LogP) is -1.35. The second-order valence-corrected chi connectivity index (χ2v) is 3.87. The maximum atomic E-state index is 12.0. The molecule has 104 valence electrons. The second-order valence-electron chi connectivity index (χ2n) is 3.87. The molecule has 0 saturated heterocycles. The van der Waals surface area contributed by atoms with Crippen molar-refractivity contribution in [2.45, 2.75) is 19.9 Å². The highest BCUT2D eigenvalue weighted by Gasteiger charge is 2.24. The lowest BCUT2D eigenvalue weighted by Gasteiger charge is -2.14. The summed E-state index contributed by atoms with van der Waals surface area (Å²) in [6, 6.07) is -1.22. The molecule has 0 aliphatic heterocycles. The number of amides is 1. The maximum Gasteiger partial charge on any atom is 0.330 e. The first-order chi connectivity index (χ1) is 8.92. The van der Waals surface area contributed by atoms with Crippen molar-refractivity contribution in [1.29, 1.82) is 0 Å². The molecule has 0 radical (unpaired) electrons. The lowest BCUT2D eigenvalue weighted by molar-refractivity contribution is -0.143. The van der Waals surface area contributed by atoms with Crippen LogP contribution in [-0.2, 0) is 9.53 Å². The van der Waals surface area contributed by atoms with Gasteiger partial charge in [-0.3, -0.25) is 9.59 Å². The fourth-order valence-corrected chi connectivity index (χ4v) is 1.45. The van der Waals surface area contributed by atoms with Crippen molar-refractivity contribution in [2.24, 2.45) is 0 Å². The topological polar surface area (TPSA) is 121 Å². The Bertz CT molecular complexity index is 552. The summed E-state index contributed by atoms with van der Waals surface area (Å²) in [6.07, 6.45) is 0. The Labute approximate surface area is 108 Å². The van der Waals surface area contributed by atoms with Crippen molar-refractivity contribution < 1.29 is 19.4 Å². The van der Waals surface area contributed by atoms with Gasteiger partial charge >= 0.3 is 5.97 Å². The molecule has 1 amide bonds. The molecule has 19 heavy (non-hydrogen) atoms. The Morgan fingerprint density at radius 1 is 1.47 bits per heavy atom. The average molecular weight is 269 g/mol. The van der Waals surface area contributed by atoms with Gasteiger partial charge in [0.25, 0.3) is 11.5 Å². The Kier molecular flexibility index (Phi) is 4.76. The number of aromatic nitrogens is 2. The average Bonchev–Trinajstić information content (AvgIpc) is 2.39. The van der Waals surface area contributed by atoms with E-state index in [1.54, 1.807) is 13.8 Å². The summed E-state index contributed by atoms with van der Waals surface area (Å²) in [4.78, 5) is 34.8. The molecule has 1 atom stereocenters. The molecule has 1 aromatic rings. The molecule has 8 heteroatoms. The molecular weight excluding hydrogens is 254 g/mol. The number of carbonyl (C=O) groups is 2. The van der Waals surface area contributed by atoms with E-state index in [2.05, 4.69) is 20.3 Å². The van der Waals surface area contributed by atoms with Crippen LogP contribution in [0.2, 0.25) is 0 Å². The highest BCUT2D eigenvalue weighted by atomic mass is 16.5. The van der Waals surface area contributed by atoms with E-state index >= 15 is 0 Å². The molecule has 1 heterocycles. The van der Waals surface area contributed by atoms with Crippen LogP contribution in [0, 0.1) is 13.8 Å². The van der Waals surface area contributed by atoms with E-state index in [9.17, 15) is 14.4 Å². The monoisotopic (exact) mass is 269 g/mol. The molecule has 8 nitrogen and oxygen atoms in total. The number of esters is 1. The molecule has 1 rings (SSSR count). The lowest BCUT2D eigenvalue weighted by atomic mass is 10.1. The Morgan fingerprint density at radius 2 is 2.11 bits per heavy atom.